The molecule has 0 radical (unpaired) electrons. The molecular weight excluding hydrogens is 518 g/mol. The van der Waals surface area contributed by atoms with E-state index in [0.717, 1.165) is 11.1 Å². The molecule has 4 aliphatic rings. The third-order valence-electron chi connectivity index (χ3n) is 9.17. The van der Waals surface area contributed by atoms with Crippen molar-refractivity contribution in [2.24, 2.45) is 11.8 Å². The Balaban J connectivity index is 1.42. The number of aliphatic hydroxyl groups is 1. The molecule has 41 heavy (non-hydrogen) atoms. The normalized spacial score (nSPS) is 31.5. The molecule has 6 atom stereocenters. The van der Waals surface area contributed by atoms with E-state index in [-0.39, 0.29) is 24.3 Å². The average molecular weight is 556 g/mol. The van der Waals surface area contributed by atoms with Crippen LogP contribution in [0.4, 0.5) is 0 Å². The quantitative estimate of drug-likeness (QED) is 0.531. The minimum Gasteiger partial charge on any atom is -0.394 e. The average Bonchev–Trinajstić information content (AvgIpc) is 3.26. The van der Waals surface area contributed by atoms with Crippen LogP contribution in [0, 0.1) is 11.8 Å². The van der Waals surface area contributed by atoms with Crippen LogP contribution < -0.4 is 0 Å². The summed E-state index contributed by atoms with van der Waals surface area (Å²) >= 11 is 0. The maximum absolute atomic E-state index is 14.5. The minimum atomic E-state index is -1.34. The minimum absolute atomic E-state index is 0.166. The lowest BCUT2D eigenvalue weighted by Gasteiger charge is -2.40. The molecule has 6 rings (SSSR count). The summed E-state index contributed by atoms with van der Waals surface area (Å²) in [7, 11) is 0. The Morgan fingerprint density at radius 3 is 1.95 bits per heavy atom. The second-order valence-electron chi connectivity index (χ2n) is 11.7. The molecule has 8 nitrogen and oxygen atoms in total. The van der Waals surface area contributed by atoms with E-state index in [1.54, 1.807) is 9.80 Å². The van der Waals surface area contributed by atoms with Gasteiger partial charge in [-0.3, -0.25) is 14.4 Å². The molecule has 0 saturated carbocycles. The number of carbonyl (C=O) groups excluding carboxylic acids is 3. The summed E-state index contributed by atoms with van der Waals surface area (Å²) in [5.74, 6) is -2.44. The summed E-state index contributed by atoms with van der Waals surface area (Å²) in [6, 6.07) is 17.9. The molecule has 2 aromatic carbocycles. The van der Waals surface area contributed by atoms with Crippen LogP contribution in [0.3, 0.4) is 0 Å². The molecule has 0 bridgehead atoms. The molecule has 214 valence electrons. The van der Waals surface area contributed by atoms with E-state index < -0.39 is 35.1 Å². The molecule has 0 aromatic heterocycles. The number of ether oxygens (including phenoxy) is 1. The number of fused-ring (bicyclic) bond motifs is 2. The zero-order valence-electron chi connectivity index (χ0n) is 23.6. The van der Waals surface area contributed by atoms with Crippen molar-refractivity contribution in [3.05, 3.63) is 96.1 Å². The fraction of sp³-hybridized carbons (Fsp3) is 0.424. The topological polar surface area (TPSA) is 90.4 Å². The third-order valence-corrected chi connectivity index (χ3v) is 9.17. The van der Waals surface area contributed by atoms with Gasteiger partial charge in [-0.25, -0.2) is 0 Å². The van der Waals surface area contributed by atoms with Crippen LogP contribution >= 0.6 is 0 Å². The molecule has 1 N–H and O–H groups in total. The molecule has 2 aromatic rings. The highest BCUT2D eigenvalue weighted by molar-refractivity contribution is 6.00. The van der Waals surface area contributed by atoms with Crippen molar-refractivity contribution in [3.8, 4) is 0 Å². The van der Waals surface area contributed by atoms with E-state index in [9.17, 15) is 19.5 Å². The van der Waals surface area contributed by atoms with Gasteiger partial charge < -0.3 is 24.5 Å². The van der Waals surface area contributed by atoms with Crippen LogP contribution in [0.5, 0.6) is 0 Å². The standard InChI is InChI=1S/C33H37N3O5/c1-3-25(22-37)36-28-31(40)35(21-24-14-8-5-9-15-24)19-11-17-33(28)27(30(36)39)26-29(38)34(18-10-16-32(26,2)41-33)20-23-12-6-4-7-13-23/h4-17,25-28,37H,3,18-22H2,1-2H3/t25-,26-,27-,28?,32+,33-/m0/s1. The second-order valence-corrected chi connectivity index (χ2v) is 11.7. The molecule has 1 unspecified atom stereocenters. The van der Waals surface area contributed by atoms with E-state index in [1.807, 2.05) is 98.8 Å². The first-order valence-corrected chi connectivity index (χ1v) is 14.5. The smallest absolute Gasteiger partial charge is 0.249 e. The molecule has 8 heteroatoms. The SMILES string of the molecule is CC[C@@H](CO)N1C(=O)[C@@H]2[C@H]3C(=O)N(Cc4ccccc4)CC=C[C@@]3(C)O[C@@]23C=CCN(Cc2ccccc2)C(=O)C13. The Hall–Kier alpha value is -3.75. The van der Waals surface area contributed by atoms with Gasteiger partial charge in [0.25, 0.3) is 0 Å². The number of benzene rings is 2. The van der Waals surface area contributed by atoms with Gasteiger partial charge >= 0.3 is 0 Å². The third kappa shape index (κ3) is 4.41. The largest absolute Gasteiger partial charge is 0.394 e. The Kier molecular flexibility index (Phi) is 7.08. The molecule has 2 fully saturated rings. The Bertz CT molecular complexity index is 1370. The molecular formula is C33H37N3O5. The van der Waals surface area contributed by atoms with Gasteiger partial charge in [-0.05, 0) is 24.5 Å². The maximum Gasteiger partial charge on any atom is 0.249 e. The first kappa shape index (κ1) is 27.4. The zero-order chi connectivity index (χ0) is 28.8. The molecule has 0 aliphatic carbocycles. The zero-order valence-corrected chi connectivity index (χ0v) is 23.6. The number of rotatable bonds is 7. The molecule has 3 amide bonds. The first-order chi connectivity index (χ1) is 19.8. The van der Waals surface area contributed by atoms with Gasteiger partial charge in [0.05, 0.1) is 30.1 Å². The maximum atomic E-state index is 14.5. The number of likely N-dealkylation sites (tertiary alicyclic amines) is 1. The van der Waals surface area contributed by atoms with Crippen molar-refractivity contribution in [2.45, 2.75) is 56.6 Å². The van der Waals surface area contributed by atoms with Gasteiger partial charge in [-0.1, -0.05) is 91.9 Å². The highest BCUT2D eigenvalue weighted by atomic mass is 16.5. The van der Waals surface area contributed by atoms with E-state index in [0.29, 0.717) is 32.6 Å². The van der Waals surface area contributed by atoms with Gasteiger partial charge in [0.15, 0.2) is 0 Å². The van der Waals surface area contributed by atoms with Gasteiger partial charge in [-0.2, -0.15) is 0 Å². The summed E-state index contributed by atoms with van der Waals surface area (Å²) in [4.78, 5) is 48.3. The summed E-state index contributed by atoms with van der Waals surface area (Å²) in [6.45, 7) is 5.00. The van der Waals surface area contributed by atoms with Gasteiger partial charge in [0, 0.05) is 26.2 Å². The van der Waals surface area contributed by atoms with E-state index >= 15 is 0 Å². The number of hydrogen-bond donors (Lipinski definition) is 1. The molecule has 2 saturated heterocycles. The van der Waals surface area contributed by atoms with Crippen LogP contribution in [0.1, 0.15) is 31.4 Å². The first-order valence-electron chi connectivity index (χ1n) is 14.5. The Morgan fingerprint density at radius 2 is 1.39 bits per heavy atom. The molecule has 4 heterocycles. The lowest BCUT2D eigenvalue weighted by atomic mass is 9.74. The summed E-state index contributed by atoms with van der Waals surface area (Å²) in [5, 5.41) is 10.3. The van der Waals surface area contributed by atoms with E-state index in [1.165, 1.54) is 4.90 Å². The monoisotopic (exact) mass is 555 g/mol. The lowest BCUT2D eigenvalue weighted by Crippen LogP contribution is -2.58. The number of carbonyl (C=O) groups is 3. The summed E-state index contributed by atoms with van der Waals surface area (Å²) in [6.07, 6.45) is 8.05. The van der Waals surface area contributed by atoms with E-state index in [4.69, 9.17) is 4.74 Å². The Labute approximate surface area is 240 Å². The van der Waals surface area contributed by atoms with Crippen molar-refractivity contribution in [2.75, 3.05) is 19.7 Å². The van der Waals surface area contributed by atoms with Crippen molar-refractivity contribution in [3.63, 3.8) is 0 Å². The fourth-order valence-corrected chi connectivity index (χ4v) is 7.26. The summed E-state index contributed by atoms with van der Waals surface area (Å²) in [5.41, 5.74) is -0.438. The second kappa shape index (κ2) is 10.6. The van der Waals surface area contributed by atoms with Crippen LogP contribution in [-0.2, 0) is 32.2 Å². The van der Waals surface area contributed by atoms with Crippen molar-refractivity contribution in [1.29, 1.82) is 0 Å². The highest BCUT2D eigenvalue weighted by Crippen LogP contribution is 2.58. The number of aliphatic hydroxyl groups excluding tert-OH is 1. The highest BCUT2D eigenvalue weighted by Gasteiger charge is 2.75. The van der Waals surface area contributed by atoms with Crippen LogP contribution in [0.2, 0.25) is 0 Å². The van der Waals surface area contributed by atoms with Gasteiger partial charge in [-0.15, -0.1) is 0 Å². The number of hydrogen-bond acceptors (Lipinski definition) is 5. The summed E-state index contributed by atoms with van der Waals surface area (Å²) < 4.78 is 6.89. The molecule has 1 spiro atoms. The fourth-order valence-electron chi connectivity index (χ4n) is 7.26. The van der Waals surface area contributed by atoms with Gasteiger partial charge in [0.1, 0.15) is 11.6 Å². The lowest BCUT2D eigenvalue weighted by molar-refractivity contribution is -0.156. The van der Waals surface area contributed by atoms with Crippen LogP contribution in [0.15, 0.2) is 85.0 Å². The van der Waals surface area contributed by atoms with Crippen LogP contribution in [-0.4, -0.2) is 80.5 Å². The predicted octanol–water partition coefficient (Wildman–Crippen LogP) is 2.93. The number of amides is 3. The predicted molar refractivity (Wildman–Crippen MR) is 153 cm³/mol. The van der Waals surface area contributed by atoms with Crippen molar-refractivity contribution < 1.29 is 24.2 Å². The number of nitrogens with zero attached hydrogens (tertiary/aromatic N) is 3. The van der Waals surface area contributed by atoms with Gasteiger partial charge in [0.2, 0.25) is 17.7 Å². The Morgan fingerprint density at radius 1 is 0.829 bits per heavy atom. The van der Waals surface area contributed by atoms with Crippen molar-refractivity contribution >= 4 is 17.7 Å². The van der Waals surface area contributed by atoms with E-state index in [2.05, 4.69) is 0 Å². The molecule has 4 aliphatic heterocycles. The van der Waals surface area contributed by atoms with Crippen LogP contribution in [0.25, 0.3) is 0 Å². The van der Waals surface area contributed by atoms with Crippen molar-refractivity contribution in [1.82, 2.24) is 14.7 Å².